The lowest BCUT2D eigenvalue weighted by molar-refractivity contribution is 0.669. The van der Waals surface area contributed by atoms with Gasteiger partial charge in [-0.25, -0.2) is 0 Å². The van der Waals surface area contributed by atoms with E-state index in [1.807, 2.05) is 12.1 Å². The van der Waals surface area contributed by atoms with Crippen molar-refractivity contribution in [1.82, 2.24) is 0 Å². The Kier molecular flexibility index (Phi) is 10.7. The molecule has 1 aromatic heterocycles. The fourth-order valence-electron chi connectivity index (χ4n) is 9.14. The van der Waals surface area contributed by atoms with Crippen molar-refractivity contribution in [2.45, 2.75) is 13.8 Å². The molecular formula is C62H47N3O. The van der Waals surface area contributed by atoms with Gasteiger partial charge in [-0.1, -0.05) is 140 Å². The molecule has 0 bridgehead atoms. The molecule has 0 saturated carbocycles. The Morgan fingerprint density at radius 1 is 0.242 bits per heavy atom. The van der Waals surface area contributed by atoms with E-state index in [0.29, 0.717) is 0 Å². The molecule has 0 aliphatic carbocycles. The number of para-hydroxylation sites is 3. The first-order chi connectivity index (χ1) is 32.5. The smallest absolute Gasteiger partial charge is 0.135 e. The number of benzene rings is 10. The predicted molar refractivity (Wildman–Crippen MR) is 278 cm³/mol. The normalized spacial score (nSPS) is 11.2. The van der Waals surface area contributed by atoms with Crippen LogP contribution in [-0.4, -0.2) is 0 Å². The number of furan rings is 1. The summed E-state index contributed by atoms with van der Waals surface area (Å²) in [6.45, 7) is 4.31. The van der Waals surface area contributed by atoms with Crippen molar-refractivity contribution >= 4 is 73.1 Å². The van der Waals surface area contributed by atoms with Crippen LogP contribution >= 0.6 is 0 Å². The zero-order valence-electron chi connectivity index (χ0n) is 36.9. The molecule has 316 valence electrons. The highest BCUT2D eigenvalue weighted by atomic mass is 16.3. The van der Waals surface area contributed by atoms with Gasteiger partial charge in [-0.3, -0.25) is 0 Å². The molecule has 0 fully saturated rings. The van der Waals surface area contributed by atoms with Crippen molar-refractivity contribution in [1.29, 1.82) is 0 Å². The molecule has 11 aromatic rings. The van der Waals surface area contributed by atoms with Crippen molar-refractivity contribution in [2.75, 3.05) is 14.7 Å². The van der Waals surface area contributed by atoms with Gasteiger partial charge in [0.15, 0.2) is 0 Å². The first-order valence-electron chi connectivity index (χ1n) is 22.5. The van der Waals surface area contributed by atoms with Crippen LogP contribution in [0.1, 0.15) is 11.1 Å². The number of hydrogen-bond donors (Lipinski definition) is 0. The fourth-order valence-corrected chi connectivity index (χ4v) is 9.14. The molecule has 0 amide bonds. The highest BCUT2D eigenvalue weighted by molar-refractivity contribution is 6.06. The minimum absolute atomic E-state index is 0.891. The minimum Gasteiger partial charge on any atom is -0.456 e. The predicted octanol–water partition coefficient (Wildman–Crippen LogP) is 17.9. The Morgan fingerprint density at radius 2 is 0.621 bits per heavy atom. The molecule has 1 heterocycles. The third kappa shape index (κ3) is 7.97. The second-order valence-electron chi connectivity index (χ2n) is 16.8. The van der Waals surface area contributed by atoms with Crippen LogP contribution in [0.2, 0.25) is 0 Å². The molecule has 0 unspecified atom stereocenters. The van der Waals surface area contributed by atoms with Crippen LogP contribution in [0, 0.1) is 13.8 Å². The summed E-state index contributed by atoms with van der Waals surface area (Å²) in [4.78, 5) is 7.13. The van der Waals surface area contributed by atoms with Crippen LogP contribution in [0.4, 0.5) is 51.2 Å². The van der Waals surface area contributed by atoms with E-state index in [9.17, 15) is 0 Å². The van der Waals surface area contributed by atoms with Crippen LogP contribution in [0.15, 0.2) is 253 Å². The van der Waals surface area contributed by atoms with Crippen molar-refractivity contribution in [3.05, 3.63) is 260 Å². The maximum Gasteiger partial charge on any atom is 0.135 e. The van der Waals surface area contributed by atoms with E-state index in [2.05, 4.69) is 265 Å². The van der Waals surface area contributed by atoms with Gasteiger partial charge in [-0.15, -0.1) is 0 Å². The standard InChI is InChI=1S/C62H47N3O/c1-44-16-14-24-54(38-44)64(50-20-8-4-9-21-50)57-41-56(42-58(43-57)65(51-22-10-5-11-23-51)55-25-15-17-45(2)39-55)63(52-33-28-47(29-34-52)46-18-6-3-7-19-46)53-35-30-48(31-36-53)49-32-37-62-60(40-49)59-26-12-13-27-61(59)66-62/h3-43H,1-2H3. The molecular weight excluding hydrogens is 803 g/mol. The summed E-state index contributed by atoms with van der Waals surface area (Å²) in [5.41, 5.74) is 18.2. The van der Waals surface area contributed by atoms with E-state index in [1.54, 1.807) is 0 Å². The molecule has 0 saturated heterocycles. The van der Waals surface area contributed by atoms with Crippen molar-refractivity contribution in [3.8, 4) is 22.3 Å². The summed E-state index contributed by atoms with van der Waals surface area (Å²) < 4.78 is 6.19. The molecule has 10 aromatic carbocycles. The topological polar surface area (TPSA) is 22.9 Å². The van der Waals surface area contributed by atoms with Gasteiger partial charge < -0.3 is 19.1 Å². The lowest BCUT2D eigenvalue weighted by atomic mass is 10.0. The molecule has 0 N–H and O–H groups in total. The van der Waals surface area contributed by atoms with Crippen molar-refractivity contribution < 1.29 is 4.42 Å². The number of rotatable bonds is 11. The van der Waals surface area contributed by atoms with Gasteiger partial charge in [-0.05, 0) is 156 Å². The molecule has 0 atom stereocenters. The maximum atomic E-state index is 6.19. The average Bonchev–Trinajstić information content (AvgIpc) is 3.74. The zero-order valence-corrected chi connectivity index (χ0v) is 36.9. The fraction of sp³-hybridized carbons (Fsp3) is 0.0323. The van der Waals surface area contributed by atoms with Gasteiger partial charge >= 0.3 is 0 Å². The van der Waals surface area contributed by atoms with E-state index < -0.39 is 0 Å². The molecule has 0 aliphatic rings. The van der Waals surface area contributed by atoms with Crippen LogP contribution < -0.4 is 14.7 Å². The monoisotopic (exact) mass is 849 g/mol. The minimum atomic E-state index is 0.891. The van der Waals surface area contributed by atoms with Crippen LogP contribution in [-0.2, 0) is 0 Å². The lowest BCUT2D eigenvalue weighted by Crippen LogP contribution is -2.16. The lowest BCUT2D eigenvalue weighted by Gasteiger charge is -2.33. The maximum absolute atomic E-state index is 6.19. The van der Waals surface area contributed by atoms with Crippen molar-refractivity contribution in [3.63, 3.8) is 0 Å². The molecule has 66 heavy (non-hydrogen) atoms. The zero-order chi connectivity index (χ0) is 44.4. The Bertz CT molecular complexity index is 3330. The van der Waals surface area contributed by atoms with Gasteiger partial charge in [0.25, 0.3) is 0 Å². The summed E-state index contributed by atoms with van der Waals surface area (Å²) in [5.74, 6) is 0. The van der Waals surface area contributed by atoms with Crippen LogP contribution in [0.25, 0.3) is 44.2 Å². The van der Waals surface area contributed by atoms with Gasteiger partial charge in [0, 0.05) is 44.9 Å². The molecule has 0 spiro atoms. The SMILES string of the molecule is Cc1cccc(N(c2ccccc2)c2cc(N(c3ccc(-c4ccccc4)cc3)c3ccc(-c4ccc5oc6ccccc6c5c4)cc3)cc(N(c3ccccc3)c3cccc(C)c3)c2)c1. The summed E-state index contributed by atoms with van der Waals surface area (Å²) in [6.07, 6.45) is 0. The first kappa shape index (κ1) is 40.2. The van der Waals surface area contributed by atoms with Crippen molar-refractivity contribution in [2.24, 2.45) is 0 Å². The van der Waals surface area contributed by atoms with Gasteiger partial charge in [0.2, 0.25) is 0 Å². The number of nitrogens with zero attached hydrogens (tertiary/aromatic N) is 3. The number of hydrogen-bond acceptors (Lipinski definition) is 4. The quantitative estimate of drug-likeness (QED) is 0.129. The summed E-state index contributed by atoms with van der Waals surface area (Å²) in [5, 5.41) is 2.24. The Labute approximate surface area is 386 Å². The highest BCUT2D eigenvalue weighted by Crippen LogP contribution is 2.46. The van der Waals surface area contributed by atoms with E-state index >= 15 is 0 Å². The summed E-state index contributed by atoms with van der Waals surface area (Å²) in [7, 11) is 0. The highest BCUT2D eigenvalue weighted by Gasteiger charge is 2.23. The van der Waals surface area contributed by atoms with Gasteiger partial charge in [-0.2, -0.15) is 0 Å². The number of anilines is 9. The number of fused-ring (bicyclic) bond motifs is 3. The average molecular weight is 850 g/mol. The first-order valence-corrected chi connectivity index (χ1v) is 22.5. The van der Waals surface area contributed by atoms with E-state index in [0.717, 1.165) is 89.8 Å². The third-order valence-electron chi connectivity index (χ3n) is 12.3. The molecule has 4 nitrogen and oxygen atoms in total. The van der Waals surface area contributed by atoms with Crippen LogP contribution in [0.3, 0.4) is 0 Å². The second-order valence-corrected chi connectivity index (χ2v) is 16.8. The Morgan fingerprint density at radius 3 is 1.14 bits per heavy atom. The second kappa shape index (κ2) is 17.5. The molecule has 4 heteroatoms. The molecule has 0 aliphatic heterocycles. The third-order valence-corrected chi connectivity index (χ3v) is 12.3. The van der Waals surface area contributed by atoms with E-state index in [4.69, 9.17) is 4.42 Å². The largest absolute Gasteiger partial charge is 0.456 e. The van der Waals surface area contributed by atoms with Gasteiger partial charge in [0.1, 0.15) is 11.2 Å². The summed E-state index contributed by atoms with van der Waals surface area (Å²) in [6, 6.07) is 89.1. The summed E-state index contributed by atoms with van der Waals surface area (Å²) >= 11 is 0. The molecule has 11 rings (SSSR count). The van der Waals surface area contributed by atoms with Crippen LogP contribution in [0.5, 0.6) is 0 Å². The van der Waals surface area contributed by atoms with E-state index in [-0.39, 0.29) is 0 Å². The van der Waals surface area contributed by atoms with Gasteiger partial charge in [0.05, 0.1) is 17.1 Å². The van der Waals surface area contributed by atoms with E-state index in [1.165, 1.54) is 16.7 Å². The Hall–Kier alpha value is -8.60. The number of aryl methyl sites for hydroxylation is 2. The Balaban J connectivity index is 1.13. The molecule has 0 radical (unpaired) electrons.